The predicted molar refractivity (Wildman–Crippen MR) is 86.7 cm³/mol. The monoisotopic (exact) mass is 330 g/mol. The van der Waals surface area contributed by atoms with Crippen molar-refractivity contribution in [2.45, 2.75) is 26.4 Å². The van der Waals surface area contributed by atoms with E-state index in [0.29, 0.717) is 17.8 Å². The highest BCUT2D eigenvalue weighted by molar-refractivity contribution is 5.69. The van der Waals surface area contributed by atoms with E-state index < -0.39 is 10.9 Å². The molecule has 1 aromatic carbocycles. The van der Waals surface area contributed by atoms with Gasteiger partial charge in [0.2, 0.25) is 0 Å². The minimum absolute atomic E-state index is 0.0645. The summed E-state index contributed by atoms with van der Waals surface area (Å²) in [4.78, 5) is 23.8. The zero-order valence-corrected chi connectivity index (χ0v) is 13.5. The SMILES string of the molecule is Cc1cc(-c2nn(CC(=O)O)c3c2CN(C)CC3)ccc1[N+](=O)[O-]. The number of carboxylic acid groups (broad SMARTS) is 1. The first-order chi connectivity index (χ1) is 11.4. The summed E-state index contributed by atoms with van der Waals surface area (Å²) < 4.78 is 1.54. The van der Waals surface area contributed by atoms with Crippen molar-refractivity contribution in [2.24, 2.45) is 0 Å². The molecule has 8 heteroatoms. The molecule has 0 atom stereocenters. The number of aryl methyl sites for hydroxylation is 1. The van der Waals surface area contributed by atoms with Crippen molar-refractivity contribution in [3.05, 3.63) is 45.1 Å². The molecule has 0 spiro atoms. The average molecular weight is 330 g/mol. The average Bonchev–Trinajstić information content (AvgIpc) is 2.83. The van der Waals surface area contributed by atoms with Crippen LogP contribution in [0.4, 0.5) is 5.69 Å². The maximum atomic E-state index is 11.1. The fourth-order valence-corrected chi connectivity index (χ4v) is 3.12. The smallest absolute Gasteiger partial charge is 0.325 e. The standard InChI is InChI=1S/C16H18N4O4/c1-10-7-11(3-4-13(10)20(23)24)16-12-8-18(2)6-5-14(12)19(17-16)9-15(21)22/h3-4,7H,5-6,8-9H2,1-2H3,(H,21,22). The molecule has 0 saturated carbocycles. The van der Waals surface area contributed by atoms with Crippen LogP contribution in [0.15, 0.2) is 18.2 Å². The highest BCUT2D eigenvalue weighted by Gasteiger charge is 2.25. The van der Waals surface area contributed by atoms with Gasteiger partial charge in [0.15, 0.2) is 0 Å². The molecule has 3 rings (SSSR count). The van der Waals surface area contributed by atoms with Crippen LogP contribution in [0.1, 0.15) is 16.8 Å². The molecule has 1 aromatic heterocycles. The first-order valence-electron chi connectivity index (χ1n) is 7.61. The Hall–Kier alpha value is -2.74. The summed E-state index contributed by atoms with van der Waals surface area (Å²) in [7, 11) is 2.00. The number of nitro benzene ring substituents is 1. The second-order valence-corrected chi connectivity index (χ2v) is 6.07. The van der Waals surface area contributed by atoms with Gasteiger partial charge < -0.3 is 10.0 Å². The Labute approximate surface area is 138 Å². The largest absolute Gasteiger partial charge is 0.480 e. The Bertz CT molecular complexity index is 828. The molecule has 0 fully saturated rings. The number of rotatable bonds is 4. The summed E-state index contributed by atoms with van der Waals surface area (Å²) in [6.07, 6.45) is 0.734. The summed E-state index contributed by atoms with van der Waals surface area (Å²) >= 11 is 0. The lowest BCUT2D eigenvalue weighted by molar-refractivity contribution is -0.385. The van der Waals surface area contributed by atoms with E-state index in [-0.39, 0.29) is 12.2 Å². The summed E-state index contributed by atoms with van der Waals surface area (Å²) in [5.41, 5.74) is 4.03. The van der Waals surface area contributed by atoms with Gasteiger partial charge in [-0.05, 0) is 26.1 Å². The molecule has 0 radical (unpaired) electrons. The molecule has 0 aliphatic carbocycles. The predicted octanol–water partition coefficient (Wildman–Crippen LogP) is 1.84. The Balaban J connectivity index is 2.10. The first kappa shape index (κ1) is 16.1. The summed E-state index contributed by atoms with van der Waals surface area (Å²) in [6.45, 7) is 3.03. The van der Waals surface area contributed by atoms with Crippen LogP contribution in [-0.4, -0.2) is 44.3 Å². The summed E-state index contributed by atoms with van der Waals surface area (Å²) in [6, 6.07) is 4.88. The van der Waals surface area contributed by atoms with E-state index in [1.165, 1.54) is 10.7 Å². The van der Waals surface area contributed by atoms with Crippen molar-refractivity contribution < 1.29 is 14.8 Å². The maximum absolute atomic E-state index is 11.1. The number of nitrogens with zero attached hydrogens (tertiary/aromatic N) is 4. The van der Waals surface area contributed by atoms with Crippen molar-refractivity contribution in [1.82, 2.24) is 14.7 Å². The zero-order valence-electron chi connectivity index (χ0n) is 13.5. The Kier molecular flexibility index (Phi) is 4.06. The third-order valence-electron chi connectivity index (χ3n) is 4.28. The van der Waals surface area contributed by atoms with Crippen LogP contribution in [0, 0.1) is 17.0 Å². The highest BCUT2D eigenvalue weighted by Crippen LogP contribution is 2.32. The van der Waals surface area contributed by atoms with Crippen molar-refractivity contribution in [3.8, 4) is 11.3 Å². The first-order valence-corrected chi connectivity index (χ1v) is 7.61. The molecule has 0 amide bonds. The van der Waals surface area contributed by atoms with Crippen LogP contribution >= 0.6 is 0 Å². The van der Waals surface area contributed by atoms with E-state index in [2.05, 4.69) is 10.00 Å². The lowest BCUT2D eigenvalue weighted by atomic mass is 9.99. The minimum Gasteiger partial charge on any atom is -0.480 e. The van der Waals surface area contributed by atoms with Gasteiger partial charge in [-0.15, -0.1) is 0 Å². The molecule has 1 aliphatic heterocycles. The van der Waals surface area contributed by atoms with Crippen molar-refractivity contribution >= 4 is 11.7 Å². The molecule has 0 saturated heterocycles. The Morgan fingerprint density at radius 1 is 1.46 bits per heavy atom. The van der Waals surface area contributed by atoms with E-state index >= 15 is 0 Å². The highest BCUT2D eigenvalue weighted by atomic mass is 16.6. The quantitative estimate of drug-likeness (QED) is 0.678. The zero-order chi connectivity index (χ0) is 17.4. The van der Waals surface area contributed by atoms with Crippen LogP contribution in [0.25, 0.3) is 11.3 Å². The van der Waals surface area contributed by atoms with E-state index in [4.69, 9.17) is 5.11 Å². The Morgan fingerprint density at radius 3 is 2.83 bits per heavy atom. The lowest BCUT2D eigenvalue weighted by Gasteiger charge is -2.23. The molecular formula is C16H18N4O4. The third kappa shape index (κ3) is 2.88. The topological polar surface area (TPSA) is 102 Å². The van der Waals surface area contributed by atoms with Gasteiger partial charge in [-0.3, -0.25) is 19.6 Å². The number of carboxylic acids is 1. The van der Waals surface area contributed by atoms with Gasteiger partial charge >= 0.3 is 5.97 Å². The van der Waals surface area contributed by atoms with Gasteiger partial charge in [0.25, 0.3) is 5.69 Å². The molecule has 2 aromatic rings. The summed E-state index contributed by atoms with van der Waals surface area (Å²) in [5.74, 6) is -0.939. The molecule has 2 heterocycles. The number of benzene rings is 1. The van der Waals surface area contributed by atoms with E-state index in [9.17, 15) is 14.9 Å². The second kappa shape index (κ2) is 6.04. The molecular weight excluding hydrogens is 312 g/mol. The summed E-state index contributed by atoms with van der Waals surface area (Å²) in [5, 5.41) is 24.6. The molecule has 1 aliphatic rings. The molecule has 0 bridgehead atoms. The molecule has 0 unspecified atom stereocenters. The van der Waals surface area contributed by atoms with Gasteiger partial charge in [-0.25, -0.2) is 0 Å². The van der Waals surface area contributed by atoms with Crippen LogP contribution in [0.2, 0.25) is 0 Å². The molecule has 24 heavy (non-hydrogen) atoms. The van der Waals surface area contributed by atoms with Gasteiger partial charge in [0.1, 0.15) is 6.54 Å². The van der Waals surface area contributed by atoms with Gasteiger partial charge in [0, 0.05) is 48.0 Å². The number of aliphatic carboxylic acids is 1. The van der Waals surface area contributed by atoms with Crippen LogP contribution in [0.3, 0.4) is 0 Å². The molecule has 126 valence electrons. The van der Waals surface area contributed by atoms with Crippen LogP contribution in [0.5, 0.6) is 0 Å². The van der Waals surface area contributed by atoms with E-state index in [1.54, 1.807) is 19.1 Å². The Morgan fingerprint density at radius 2 is 2.21 bits per heavy atom. The normalized spacial score (nSPS) is 14.4. The number of carbonyl (C=O) groups is 1. The third-order valence-corrected chi connectivity index (χ3v) is 4.28. The van der Waals surface area contributed by atoms with Crippen LogP contribution < -0.4 is 0 Å². The molecule has 1 N–H and O–H groups in total. The maximum Gasteiger partial charge on any atom is 0.325 e. The van der Waals surface area contributed by atoms with Gasteiger partial charge in [0.05, 0.1) is 10.6 Å². The van der Waals surface area contributed by atoms with Crippen molar-refractivity contribution in [1.29, 1.82) is 0 Å². The number of fused-ring (bicyclic) bond motifs is 1. The number of hydrogen-bond acceptors (Lipinski definition) is 5. The number of nitro groups is 1. The number of likely N-dealkylation sites (N-methyl/N-ethyl adjacent to an activating group) is 1. The van der Waals surface area contributed by atoms with Crippen LogP contribution in [-0.2, 0) is 24.3 Å². The second-order valence-electron chi connectivity index (χ2n) is 6.07. The number of aromatic nitrogens is 2. The van der Waals surface area contributed by atoms with E-state index in [0.717, 1.165) is 29.8 Å². The number of hydrogen-bond donors (Lipinski definition) is 1. The van der Waals surface area contributed by atoms with Crippen molar-refractivity contribution in [2.75, 3.05) is 13.6 Å². The van der Waals surface area contributed by atoms with E-state index in [1.807, 2.05) is 7.05 Å². The molecule has 8 nitrogen and oxygen atoms in total. The van der Waals surface area contributed by atoms with Gasteiger partial charge in [-0.1, -0.05) is 0 Å². The van der Waals surface area contributed by atoms with Crippen molar-refractivity contribution in [3.63, 3.8) is 0 Å². The fourth-order valence-electron chi connectivity index (χ4n) is 3.12. The van der Waals surface area contributed by atoms with Gasteiger partial charge in [-0.2, -0.15) is 5.10 Å². The lowest BCUT2D eigenvalue weighted by Crippen LogP contribution is -2.28. The minimum atomic E-state index is -0.939. The fraction of sp³-hybridized carbons (Fsp3) is 0.375.